The van der Waals surface area contributed by atoms with Crippen molar-refractivity contribution in [2.75, 3.05) is 0 Å². The molecule has 296 valence electrons. The molecule has 64 heavy (non-hydrogen) atoms. The Kier molecular flexibility index (Phi) is 7.29. The van der Waals surface area contributed by atoms with E-state index < -0.39 is 5.41 Å². The second kappa shape index (κ2) is 13.3. The maximum Gasteiger partial charge on any atom is 0.161 e. The summed E-state index contributed by atoms with van der Waals surface area (Å²) in [6, 6.07) is 78.9. The molecule has 0 bridgehead atoms. The van der Waals surface area contributed by atoms with Gasteiger partial charge < -0.3 is 0 Å². The third kappa shape index (κ3) is 4.79. The zero-order chi connectivity index (χ0) is 41.9. The van der Waals surface area contributed by atoms with E-state index in [0.29, 0.717) is 0 Å². The highest BCUT2D eigenvalue weighted by molar-refractivity contribution is 6.20. The van der Waals surface area contributed by atoms with Crippen LogP contribution in [0.2, 0.25) is 0 Å². The number of nitrogens with zero attached hydrogens (tertiary/aromatic N) is 4. The van der Waals surface area contributed by atoms with Crippen molar-refractivity contribution in [3.8, 4) is 67.3 Å². The van der Waals surface area contributed by atoms with Gasteiger partial charge in [-0.15, -0.1) is 0 Å². The van der Waals surface area contributed by atoms with Gasteiger partial charge in [0.05, 0.1) is 33.4 Å². The molecule has 0 saturated heterocycles. The second-order valence-electron chi connectivity index (χ2n) is 17.1. The summed E-state index contributed by atoms with van der Waals surface area (Å²) in [5, 5.41) is 9.75. The number of hydrogen-bond acceptors (Lipinski definition) is 3. The number of aromatic nitrogens is 4. The van der Waals surface area contributed by atoms with E-state index in [9.17, 15) is 0 Å². The maximum atomic E-state index is 5.42. The Balaban J connectivity index is 0.891. The van der Waals surface area contributed by atoms with Crippen LogP contribution in [-0.2, 0) is 5.41 Å². The molecule has 2 aliphatic carbocycles. The molecular formula is C60H36N4. The van der Waals surface area contributed by atoms with Crippen molar-refractivity contribution < 1.29 is 0 Å². The van der Waals surface area contributed by atoms with Crippen molar-refractivity contribution in [3.63, 3.8) is 0 Å². The minimum Gasteiger partial charge on any atom is -0.247 e. The average Bonchev–Trinajstić information content (AvgIpc) is 4.04. The normalized spacial score (nSPS) is 13.1. The van der Waals surface area contributed by atoms with E-state index in [1.807, 2.05) is 16.6 Å². The molecule has 0 unspecified atom stereocenters. The molecule has 0 saturated carbocycles. The third-order valence-electron chi connectivity index (χ3n) is 13.8. The predicted molar refractivity (Wildman–Crippen MR) is 261 cm³/mol. The van der Waals surface area contributed by atoms with Gasteiger partial charge in [-0.1, -0.05) is 200 Å². The molecule has 1 spiro atoms. The van der Waals surface area contributed by atoms with Crippen LogP contribution in [-0.4, -0.2) is 19.6 Å². The Labute approximate surface area is 369 Å². The van der Waals surface area contributed by atoms with Crippen molar-refractivity contribution in [2.24, 2.45) is 0 Å². The number of hydrogen-bond donors (Lipinski definition) is 0. The van der Waals surface area contributed by atoms with Crippen molar-refractivity contribution in [2.45, 2.75) is 5.41 Å². The van der Waals surface area contributed by atoms with E-state index in [2.05, 4.69) is 206 Å². The number of pyridine rings is 1. The Morgan fingerprint density at radius 3 is 1.58 bits per heavy atom. The molecule has 2 aliphatic rings. The largest absolute Gasteiger partial charge is 0.247 e. The first-order valence-electron chi connectivity index (χ1n) is 21.9. The van der Waals surface area contributed by atoms with E-state index in [4.69, 9.17) is 15.1 Å². The SMILES string of the molecule is c1ccc(-c2cc3c4ccccc4nc(-c4ccc(-c5ccc(-c6nc7ccccc7c7c8c(ccc67)C6(c7ccccc7-c7ccccc76)c6ccccc6-8)cc5)cc4)n3n2)cc1. The molecule has 0 radical (unpaired) electrons. The van der Waals surface area contributed by atoms with Crippen LogP contribution < -0.4 is 0 Å². The molecule has 9 aromatic carbocycles. The van der Waals surface area contributed by atoms with Crippen LogP contribution in [0.5, 0.6) is 0 Å². The van der Waals surface area contributed by atoms with Crippen LogP contribution >= 0.6 is 0 Å². The van der Waals surface area contributed by atoms with Gasteiger partial charge in [-0.2, -0.15) is 5.10 Å². The number of fused-ring (bicyclic) bond motifs is 17. The van der Waals surface area contributed by atoms with Gasteiger partial charge in [0, 0.05) is 38.2 Å². The second-order valence-corrected chi connectivity index (χ2v) is 17.1. The molecular weight excluding hydrogens is 777 g/mol. The van der Waals surface area contributed by atoms with Gasteiger partial charge in [0.25, 0.3) is 0 Å². The molecule has 3 heterocycles. The fourth-order valence-electron chi connectivity index (χ4n) is 11.1. The molecule has 4 heteroatoms. The Bertz CT molecular complexity index is 3840. The molecule has 3 aromatic heterocycles. The van der Waals surface area contributed by atoms with Crippen LogP contribution in [0.25, 0.3) is 105 Å². The summed E-state index contributed by atoms with van der Waals surface area (Å²) >= 11 is 0. The van der Waals surface area contributed by atoms with E-state index in [0.717, 1.165) is 72.4 Å². The molecule has 0 aliphatic heterocycles. The molecule has 12 aromatic rings. The van der Waals surface area contributed by atoms with Crippen LogP contribution in [0.15, 0.2) is 218 Å². The van der Waals surface area contributed by atoms with Gasteiger partial charge in [0.1, 0.15) is 0 Å². The first kappa shape index (κ1) is 35.2. The van der Waals surface area contributed by atoms with E-state index in [1.54, 1.807) is 0 Å². The molecule has 0 N–H and O–H groups in total. The summed E-state index contributed by atoms with van der Waals surface area (Å²) in [5.41, 5.74) is 20.5. The summed E-state index contributed by atoms with van der Waals surface area (Å²) in [5.74, 6) is 0.813. The monoisotopic (exact) mass is 812 g/mol. The molecule has 0 atom stereocenters. The summed E-state index contributed by atoms with van der Waals surface area (Å²) in [7, 11) is 0. The summed E-state index contributed by atoms with van der Waals surface area (Å²) < 4.78 is 1.99. The van der Waals surface area contributed by atoms with Crippen LogP contribution in [0.4, 0.5) is 0 Å². The summed E-state index contributed by atoms with van der Waals surface area (Å²) in [4.78, 5) is 10.6. The van der Waals surface area contributed by atoms with Crippen molar-refractivity contribution >= 4 is 38.1 Å². The predicted octanol–water partition coefficient (Wildman–Crippen LogP) is 14.6. The molecule has 4 nitrogen and oxygen atoms in total. The highest BCUT2D eigenvalue weighted by Crippen LogP contribution is 2.64. The average molecular weight is 813 g/mol. The van der Waals surface area contributed by atoms with Crippen LogP contribution in [0.1, 0.15) is 22.3 Å². The minimum atomic E-state index is -0.408. The Morgan fingerprint density at radius 2 is 0.891 bits per heavy atom. The molecule has 0 fully saturated rings. The quantitative estimate of drug-likeness (QED) is 0.166. The standard InChI is InChI=1S/C60H36N4/c1-2-14-39(15-3-1)54-36-55-45-19-7-12-24-52(45)62-59(64(55)63-54)41-32-28-38(29-33-41)37-26-30-40(31-27-37)58-47-34-35-51-57(56(47)46-20-8-13-25-53(46)61-58)44-18-6-11-23-50(44)60(51)48-21-9-4-16-42(48)43-17-5-10-22-49(43)60/h1-36H. The minimum absolute atomic E-state index is 0.408. The van der Waals surface area contributed by atoms with E-state index in [1.165, 1.54) is 55.3 Å². The highest BCUT2D eigenvalue weighted by Gasteiger charge is 2.52. The lowest BCUT2D eigenvalue weighted by atomic mass is 9.70. The third-order valence-corrected chi connectivity index (χ3v) is 13.8. The smallest absolute Gasteiger partial charge is 0.161 e. The lowest BCUT2D eigenvalue weighted by Gasteiger charge is -2.30. The van der Waals surface area contributed by atoms with Crippen molar-refractivity contribution in [3.05, 3.63) is 241 Å². The molecule has 0 amide bonds. The first-order chi connectivity index (χ1) is 31.7. The molecule has 14 rings (SSSR count). The Hall–Kier alpha value is -8.47. The Morgan fingerprint density at radius 1 is 0.359 bits per heavy atom. The fraction of sp³-hybridized carbons (Fsp3) is 0.0167. The number of para-hydroxylation sites is 2. The van der Waals surface area contributed by atoms with Gasteiger partial charge in [-0.05, 0) is 73.8 Å². The number of rotatable bonds is 4. The van der Waals surface area contributed by atoms with E-state index >= 15 is 0 Å². The van der Waals surface area contributed by atoms with Gasteiger partial charge in [0.2, 0.25) is 0 Å². The van der Waals surface area contributed by atoms with Gasteiger partial charge in [0.15, 0.2) is 5.82 Å². The lowest BCUT2D eigenvalue weighted by molar-refractivity contribution is 0.794. The highest BCUT2D eigenvalue weighted by atomic mass is 15.3. The van der Waals surface area contributed by atoms with Crippen LogP contribution in [0.3, 0.4) is 0 Å². The van der Waals surface area contributed by atoms with E-state index in [-0.39, 0.29) is 0 Å². The van der Waals surface area contributed by atoms with Crippen molar-refractivity contribution in [1.29, 1.82) is 0 Å². The van der Waals surface area contributed by atoms with Gasteiger partial charge in [-0.3, -0.25) is 0 Å². The summed E-state index contributed by atoms with van der Waals surface area (Å²) in [6.45, 7) is 0. The number of benzene rings is 9. The van der Waals surface area contributed by atoms with Crippen molar-refractivity contribution in [1.82, 2.24) is 19.6 Å². The fourth-order valence-corrected chi connectivity index (χ4v) is 11.1. The van der Waals surface area contributed by atoms with Gasteiger partial charge in [-0.25, -0.2) is 14.5 Å². The van der Waals surface area contributed by atoms with Crippen LogP contribution in [0, 0.1) is 0 Å². The lowest BCUT2D eigenvalue weighted by Crippen LogP contribution is -2.25. The van der Waals surface area contributed by atoms with Gasteiger partial charge >= 0.3 is 0 Å². The maximum absolute atomic E-state index is 5.42. The summed E-state index contributed by atoms with van der Waals surface area (Å²) in [6.07, 6.45) is 0. The zero-order valence-corrected chi connectivity index (χ0v) is 34.6. The topological polar surface area (TPSA) is 43.1 Å². The zero-order valence-electron chi connectivity index (χ0n) is 34.6. The first-order valence-corrected chi connectivity index (χ1v) is 21.9.